The summed E-state index contributed by atoms with van der Waals surface area (Å²) in [5.74, 6) is -4.60. The van der Waals surface area contributed by atoms with Crippen LogP contribution in [-0.2, 0) is 33.4 Å². The van der Waals surface area contributed by atoms with Crippen LogP contribution in [0.25, 0.3) is 0 Å². The minimum Gasteiger partial charge on any atom is -0.465 e. The van der Waals surface area contributed by atoms with E-state index in [1.54, 1.807) is 13.8 Å². The summed E-state index contributed by atoms with van der Waals surface area (Å²) < 4.78 is 9.99. The predicted octanol–water partition coefficient (Wildman–Crippen LogP) is 1.10. The fraction of sp³-hybridized carbons (Fsp3) is 0.773. The van der Waals surface area contributed by atoms with Gasteiger partial charge in [-0.15, -0.1) is 0 Å². The standard InChI is InChI=1S/C22H39N3O7/c1-8-11-18(26)24(6)17(13-15(21(29)31-9-2)22(30)32-10-3)20(28)25(7)16(19(23)27)12-14(4)5/h14-17H,8-13H2,1-7H3,(H2,23,27)/t16-,17?/m0/s1. The molecule has 2 N–H and O–H groups in total. The zero-order valence-corrected chi connectivity index (χ0v) is 20.4. The van der Waals surface area contributed by atoms with Crippen LogP contribution in [-0.4, -0.2) is 78.9 Å². The summed E-state index contributed by atoms with van der Waals surface area (Å²) in [4.78, 5) is 65.4. The van der Waals surface area contributed by atoms with Crippen molar-refractivity contribution in [3.05, 3.63) is 0 Å². The number of carbonyl (C=O) groups is 5. The molecular weight excluding hydrogens is 418 g/mol. The van der Waals surface area contributed by atoms with Gasteiger partial charge in [-0.25, -0.2) is 0 Å². The average Bonchev–Trinajstić information content (AvgIpc) is 2.71. The van der Waals surface area contributed by atoms with Crippen molar-refractivity contribution in [1.82, 2.24) is 9.80 Å². The third-order valence-corrected chi connectivity index (χ3v) is 5.05. The van der Waals surface area contributed by atoms with E-state index in [0.717, 1.165) is 0 Å². The number of carbonyl (C=O) groups excluding carboxylic acids is 5. The maximum atomic E-state index is 13.4. The molecule has 3 amide bonds. The lowest BCUT2D eigenvalue weighted by Crippen LogP contribution is -2.55. The fourth-order valence-electron chi connectivity index (χ4n) is 3.29. The van der Waals surface area contributed by atoms with Gasteiger partial charge in [0.2, 0.25) is 17.7 Å². The van der Waals surface area contributed by atoms with Crippen LogP contribution in [0, 0.1) is 11.8 Å². The van der Waals surface area contributed by atoms with Gasteiger partial charge in [-0.2, -0.15) is 0 Å². The third kappa shape index (κ3) is 8.84. The minimum absolute atomic E-state index is 0.0377. The van der Waals surface area contributed by atoms with Crippen LogP contribution in [0.1, 0.15) is 60.3 Å². The van der Waals surface area contributed by atoms with Crippen LogP contribution in [0.2, 0.25) is 0 Å². The van der Waals surface area contributed by atoms with Crippen molar-refractivity contribution in [2.24, 2.45) is 17.6 Å². The molecule has 10 heteroatoms. The number of amides is 3. The second kappa shape index (κ2) is 14.4. The van der Waals surface area contributed by atoms with Gasteiger partial charge in [-0.3, -0.25) is 24.0 Å². The van der Waals surface area contributed by atoms with Crippen LogP contribution in [0.4, 0.5) is 0 Å². The molecule has 0 radical (unpaired) electrons. The fourth-order valence-corrected chi connectivity index (χ4v) is 3.29. The van der Waals surface area contributed by atoms with E-state index in [-0.39, 0.29) is 37.9 Å². The van der Waals surface area contributed by atoms with Crippen molar-refractivity contribution < 1.29 is 33.4 Å². The number of esters is 2. The highest BCUT2D eigenvalue weighted by atomic mass is 16.6. The second-order valence-corrected chi connectivity index (χ2v) is 8.06. The summed E-state index contributed by atoms with van der Waals surface area (Å²) in [6, 6.07) is -2.09. The number of rotatable bonds is 14. The predicted molar refractivity (Wildman–Crippen MR) is 118 cm³/mol. The molecule has 10 nitrogen and oxygen atoms in total. The normalized spacial score (nSPS) is 12.8. The number of nitrogens with two attached hydrogens (primary N) is 1. The number of hydrogen-bond donors (Lipinski definition) is 1. The average molecular weight is 458 g/mol. The van der Waals surface area contributed by atoms with Crippen molar-refractivity contribution in [3.63, 3.8) is 0 Å². The van der Waals surface area contributed by atoms with E-state index in [2.05, 4.69) is 0 Å². The van der Waals surface area contributed by atoms with Gasteiger partial charge >= 0.3 is 11.9 Å². The first-order chi connectivity index (χ1) is 14.9. The lowest BCUT2D eigenvalue weighted by atomic mass is 9.95. The maximum absolute atomic E-state index is 13.4. The summed E-state index contributed by atoms with van der Waals surface area (Å²) in [6.45, 7) is 8.86. The zero-order valence-electron chi connectivity index (χ0n) is 20.4. The molecule has 0 aromatic heterocycles. The lowest BCUT2D eigenvalue weighted by Gasteiger charge is -2.35. The van der Waals surface area contributed by atoms with Crippen molar-refractivity contribution in [2.45, 2.75) is 72.4 Å². The number of nitrogens with zero attached hydrogens (tertiary/aromatic N) is 2. The van der Waals surface area contributed by atoms with Gasteiger partial charge < -0.3 is 25.0 Å². The molecule has 0 rings (SSSR count). The largest absolute Gasteiger partial charge is 0.465 e. The quantitative estimate of drug-likeness (QED) is 0.305. The molecule has 0 spiro atoms. The number of hydrogen-bond acceptors (Lipinski definition) is 7. The number of ether oxygens (including phenoxy) is 2. The summed E-state index contributed by atoms with van der Waals surface area (Å²) >= 11 is 0. The molecule has 0 saturated carbocycles. The molecule has 32 heavy (non-hydrogen) atoms. The zero-order chi connectivity index (χ0) is 25.0. The van der Waals surface area contributed by atoms with Gasteiger partial charge in [0.15, 0.2) is 5.92 Å². The Kier molecular flexibility index (Phi) is 13.2. The molecule has 0 aromatic rings. The molecular formula is C22H39N3O7. The molecule has 0 aliphatic carbocycles. The highest BCUT2D eigenvalue weighted by Gasteiger charge is 2.40. The van der Waals surface area contributed by atoms with Gasteiger partial charge in [0.05, 0.1) is 13.2 Å². The van der Waals surface area contributed by atoms with E-state index in [1.807, 2.05) is 20.8 Å². The first-order valence-corrected chi connectivity index (χ1v) is 11.1. The van der Waals surface area contributed by atoms with Crippen LogP contribution < -0.4 is 5.73 Å². The molecule has 0 fully saturated rings. The monoisotopic (exact) mass is 457 g/mol. The molecule has 0 aliphatic rings. The highest BCUT2D eigenvalue weighted by molar-refractivity contribution is 5.97. The van der Waals surface area contributed by atoms with Crippen LogP contribution in [0.15, 0.2) is 0 Å². The van der Waals surface area contributed by atoms with Crippen molar-refractivity contribution in [1.29, 1.82) is 0 Å². The topological polar surface area (TPSA) is 136 Å². The Morgan fingerprint density at radius 2 is 1.31 bits per heavy atom. The van der Waals surface area contributed by atoms with E-state index in [4.69, 9.17) is 15.2 Å². The van der Waals surface area contributed by atoms with Gasteiger partial charge in [-0.1, -0.05) is 20.8 Å². The molecule has 184 valence electrons. The van der Waals surface area contributed by atoms with E-state index in [0.29, 0.717) is 12.8 Å². The van der Waals surface area contributed by atoms with E-state index >= 15 is 0 Å². The Bertz CT molecular complexity index is 648. The smallest absolute Gasteiger partial charge is 0.320 e. The molecule has 0 aliphatic heterocycles. The summed E-state index contributed by atoms with van der Waals surface area (Å²) in [5.41, 5.74) is 5.52. The molecule has 1 unspecified atom stereocenters. The Balaban J connectivity index is 6.14. The summed E-state index contributed by atoms with van der Waals surface area (Å²) in [6.07, 6.45) is 0.727. The molecule has 2 atom stereocenters. The Morgan fingerprint density at radius 3 is 1.69 bits per heavy atom. The minimum atomic E-state index is -1.40. The number of likely N-dealkylation sites (N-methyl/N-ethyl adjacent to an activating group) is 2. The molecule has 0 bridgehead atoms. The third-order valence-electron chi connectivity index (χ3n) is 5.05. The SMILES string of the molecule is CCCC(=O)N(C)C(CC(C(=O)OCC)C(=O)OCC)C(=O)N(C)[C@@H](CC(C)C)C(N)=O. The molecule has 0 heterocycles. The van der Waals surface area contributed by atoms with Gasteiger partial charge in [0, 0.05) is 26.9 Å². The first-order valence-electron chi connectivity index (χ1n) is 11.1. The highest BCUT2D eigenvalue weighted by Crippen LogP contribution is 2.21. The summed E-state index contributed by atoms with van der Waals surface area (Å²) in [5, 5.41) is 0. The molecule has 0 aromatic carbocycles. The maximum Gasteiger partial charge on any atom is 0.320 e. The van der Waals surface area contributed by atoms with Crippen molar-refractivity contribution >= 4 is 29.7 Å². The van der Waals surface area contributed by atoms with Crippen LogP contribution >= 0.6 is 0 Å². The second-order valence-electron chi connectivity index (χ2n) is 8.06. The van der Waals surface area contributed by atoms with Crippen molar-refractivity contribution in [3.8, 4) is 0 Å². The van der Waals surface area contributed by atoms with E-state index < -0.39 is 41.8 Å². The van der Waals surface area contributed by atoms with Crippen LogP contribution in [0.3, 0.4) is 0 Å². The van der Waals surface area contributed by atoms with E-state index in [9.17, 15) is 24.0 Å². The van der Waals surface area contributed by atoms with E-state index in [1.165, 1.54) is 23.9 Å². The Hall–Kier alpha value is -2.65. The first kappa shape index (κ1) is 29.4. The Labute approximate surface area is 190 Å². The number of primary amides is 1. The van der Waals surface area contributed by atoms with Gasteiger partial charge in [0.25, 0.3) is 0 Å². The van der Waals surface area contributed by atoms with Crippen LogP contribution in [0.5, 0.6) is 0 Å². The van der Waals surface area contributed by atoms with Crippen molar-refractivity contribution in [2.75, 3.05) is 27.3 Å². The summed E-state index contributed by atoms with van der Waals surface area (Å²) in [7, 11) is 2.86. The Morgan fingerprint density at radius 1 is 0.812 bits per heavy atom. The van der Waals surface area contributed by atoms with Gasteiger partial charge in [-0.05, 0) is 32.6 Å². The lowest BCUT2D eigenvalue weighted by molar-refractivity contribution is -0.164. The van der Waals surface area contributed by atoms with Gasteiger partial charge in [0.1, 0.15) is 12.1 Å². The molecule has 0 saturated heterocycles.